The zero-order valence-electron chi connectivity index (χ0n) is 17.8. The maximum absolute atomic E-state index is 13.2. The van der Waals surface area contributed by atoms with Crippen molar-refractivity contribution in [1.29, 1.82) is 10.5 Å². The lowest BCUT2D eigenvalue weighted by Crippen LogP contribution is -2.56. The zero-order chi connectivity index (χ0) is 23.8. The topological polar surface area (TPSA) is 103 Å². The number of esters is 2. The van der Waals surface area contributed by atoms with Crippen molar-refractivity contribution in [3.05, 3.63) is 81.5 Å². The van der Waals surface area contributed by atoms with E-state index < -0.39 is 29.3 Å². The van der Waals surface area contributed by atoms with E-state index in [0.717, 1.165) is 10.0 Å². The Morgan fingerprint density at radius 2 is 1.64 bits per heavy atom. The molecular weight excluding hydrogens is 486 g/mol. The maximum Gasteiger partial charge on any atom is 0.355 e. The van der Waals surface area contributed by atoms with Crippen LogP contribution in [-0.2, 0) is 19.1 Å². The second-order valence-electron chi connectivity index (χ2n) is 7.56. The monoisotopic (exact) mass is 503 g/mol. The highest BCUT2D eigenvalue weighted by molar-refractivity contribution is 9.10. The summed E-state index contributed by atoms with van der Waals surface area (Å²) in [5, 5.41) is 20.9. The van der Waals surface area contributed by atoms with E-state index in [1.807, 2.05) is 18.2 Å². The van der Waals surface area contributed by atoms with Gasteiger partial charge in [0.05, 0.1) is 43.9 Å². The predicted octanol–water partition coefficient (Wildman–Crippen LogP) is 4.08. The Bertz CT molecular complexity index is 1270. The van der Waals surface area contributed by atoms with Crippen molar-refractivity contribution in [1.82, 2.24) is 0 Å². The fourth-order valence-electron chi connectivity index (χ4n) is 4.56. The summed E-state index contributed by atoms with van der Waals surface area (Å²) >= 11 is 3.38. The zero-order valence-corrected chi connectivity index (χ0v) is 19.4. The molecule has 2 aromatic rings. The number of methoxy groups -OCH3 is 2. The molecule has 2 atom stereocenters. The van der Waals surface area contributed by atoms with Gasteiger partial charge < -0.3 is 14.4 Å². The molecule has 0 radical (unpaired) electrons. The lowest BCUT2D eigenvalue weighted by atomic mass is 9.62. The van der Waals surface area contributed by atoms with Gasteiger partial charge >= 0.3 is 11.9 Å². The first-order valence-corrected chi connectivity index (χ1v) is 10.8. The van der Waals surface area contributed by atoms with E-state index in [1.54, 1.807) is 47.4 Å². The Morgan fingerprint density at radius 3 is 2.24 bits per heavy atom. The van der Waals surface area contributed by atoms with Crippen molar-refractivity contribution >= 4 is 39.6 Å². The number of carbonyl (C=O) groups is 2. The molecule has 0 unspecified atom stereocenters. The van der Waals surface area contributed by atoms with Crippen LogP contribution in [0.2, 0.25) is 0 Å². The number of hydrogen-bond acceptors (Lipinski definition) is 7. The number of benzene rings is 2. The molecule has 0 spiro atoms. The van der Waals surface area contributed by atoms with Crippen molar-refractivity contribution in [2.24, 2.45) is 5.41 Å². The summed E-state index contributed by atoms with van der Waals surface area (Å²) in [5.74, 6) is -2.65. The van der Waals surface area contributed by atoms with Crippen LogP contribution in [0.15, 0.2) is 70.3 Å². The molecule has 164 valence electrons. The minimum Gasteiger partial charge on any atom is -0.466 e. The molecular formula is C25H18BrN3O4. The molecule has 2 heterocycles. The minimum atomic E-state index is -1.75. The van der Waals surface area contributed by atoms with Gasteiger partial charge in [-0.25, -0.2) is 9.59 Å². The van der Waals surface area contributed by atoms with Gasteiger partial charge in [-0.3, -0.25) is 0 Å². The Labute approximate surface area is 199 Å². The quantitative estimate of drug-likeness (QED) is 0.581. The highest BCUT2D eigenvalue weighted by atomic mass is 79.9. The SMILES string of the molecule is COC(=O)C1=C(C(=O)OC)N2c3ccccc3C=C[C@@H]2C(C#N)(C#N)[C@H]1c1ccc(Br)cc1. The highest BCUT2D eigenvalue weighted by Crippen LogP contribution is 2.54. The van der Waals surface area contributed by atoms with Crippen LogP contribution >= 0.6 is 15.9 Å². The Hall–Kier alpha value is -3.88. The first-order valence-electron chi connectivity index (χ1n) is 9.98. The molecule has 0 bridgehead atoms. The Kier molecular flexibility index (Phi) is 5.80. The maximum atomic E-state index is 13.2. The average Bonchev–Trinajstić information content (AvgIpc) is 2.86. The van der Waals surface area contributed by atoms with Gasteiger partial charge in [-0.2, -0.15) is 10.5 Å². The number of hydrogen-bond donors (Lipinski definition) is 0. The largest absolute Gasteiger partial charge is 0.466 e. The number of carbonyl (C=O) groups excluding carboxylic acids is 2. The van der Waals surface area contributed by atoms with Crippen molar-refractivity contribution in [2.75, 3.05) is 19.1 Å². The van der Waals surface area contributed by atoms with Gasteiger partial charge in [0.2, 0.25) is 0 Å². The molecule has 7 nitrogen and oxygen atoms in total. The van der Waals surface area contributed by atoms with Crippen LogP contribution in [0.4, 0.5) is 5.69 Å². The minimum absolute atomic E-state index is 0.0554. The molecule has 0 saturated heterocycles. The van der Waals surface area contributed by atoms with E-state index >= 15 is 0 Å². The fourth-order valence-corrected chi connectivity index (χ4v) is 4.82. The fraction of sp³-hybridized carbons (Fsp3) is 0.200. The first kappa shape index (κ1) is 22.3. The van der Waals surface area contributed by atoms with E-state index in [9.17, 15) is 20.1 Å². The molecule has 33 heavy (non-hydrogen) atoms. The summed E-state index contributed by atoms with van der Waals surface area (Å²) in [5.41, 5.74) is -0.0349. The predicted molar refractivity (Wildman–Crippen MR) is 123 cm³/mol. The molecule has 0 N–H and O–H groups in total. The molecule has 0 fully saturated rings. The highest BCUT2D eigenvalue weighted by Gasteiger charge is 2.59. The number of nitrogens with zero attached hydrogens (tertiary/aromatic N) is 3. The van der Waals surface area contributed by atoms with Gasteiger partial charge in [-0.15, -0.1) is 0 Å². The summed E-state index contributed by atoms with van der Waals surface area (Å²) in [6, 6.07) is 17.7. The number of anilines is 1. The van der Waals surface area contributed by atoms with E-state index in [4.69, 9.17) is 9.47 Å². The van der Waals surface area contributed by atoms with Crippen molar-refractivity contribution < 1.29 is 19.1 Å². The van der Waals surface area contributed by atoms with Gasteiger partial charge in [0.25, 0.3) is 0 Å². The van der Waals surface area contributed by atoms with Crippen LogP contribution in [0.3, 0.4) is 0 Å². The smallest absolute Gasteiger partial charge is 0.355 e. The third-order valence-corrected chi connectivity index (χ3v) is 6.53. The van der Waals surface area contributed by atoms with Gasteiger partial charge in [-0.1, -0.05) is 58.4 Å². The van der Waals surface area contributed by atoms with Crippen molar-refractivity contribution in [2.45, 2.75) is 12.0 Å². The standard InChI is InChI=1S/C25H18BrN3O4/c1-32-23(30)20-21(16-7-10-17(26)11-8-16)25(13-27,14-28)19-12-9-15-5-3-4-6-18(15)29(19)22(20)24(31)33-2/h3-12,19,21H,1-2H3/t19-,21+/m1/s1. The summed E-state index contributed by atoms with van der Waals surface area (Å²) in [6.07, 6.45) is 3.54. The van der Waals surface area contributed by atoms with E-state index in [2.05, 4.69) is 28.1 Å². The first-order chi connectivity index (χ1) is 15.9. The van der Waals surface area contributed by atoms with E-state index in [-0.39, 0.29) is 11.3 Å². The van der Waals surface area contributed by atoms with Crippen LogP contribution in [0.1, 0.15) is 17.0 Å². The number of para-hydroxylation sites is 1. The number of nitriles is 2. The summed E-state index contributed by atoms with van der Waals surface area (Å²) in [4.78, 5) is 27.9. The number of halogens is 1. The molecule has 0 aliphatic carbocycles. The van der Waals surface area contributed by atoms with Gasteiger partial charge in [0.1, 0.15) is 5.70 Å². The van der Waals surface area contributed by atoms with E-state index in [0.29, 0.717) is 11.3 Å². The summed E-state index contributed by atoms with van der Waals surface area (Å²) in [7, 11) is 2.41. The van der Waals surface area contributed by atoms with Crippen LogP contribution in [0, 0.1) is 28.1 Å². The van der Waals surface area contributed by atoms with Gasteiger partial charge in [-0.05, 0) is 29.3 Å². The van der Waals surface area contributed by atoms with Crippen molar-refractivity contribution in [3.63, 3.8) is 0 Å². The lowest BCUT2D eigenvalue weighted by Gasteiger charge is -2.49. The average molecular weight is 504 g/mol. The molecule has 0 amide bonds. The molecule has 0 aromatic heterocycles. The second-order valence-corrected chi connectivity index (χ2v) is 8.47. The molecule has 8 heteroatoms. The van der Waals surface area contributed by atoms with Gasteiger partial charge in [0, 0.05) is 10.2 Å². The number of fused-ring (bicyclic) bond motifs is 3. The molecule has 0 saturated carbocycles. The summed E-state index contributed by atoms with van der Waals surface area (Å²) in [6.45, 7) is 0. The molecule has 2 aromatic carbocycles. The van der Waals surface area contributed by atoms with Crippen LogP contribution in [-0.4, -0.2) is 32.2 Å². The molecule has 2 aliphatic rings. The molecule has 2 aliphatic heterocycles. The third kappa shape index (κ3) is 3.31. The Morgan fingerprint density at radius 1 is 1.00 bits per heavy atom. The lowest BCUT2D eigenvalue weighted by molar-refractivity contribution is -0.140. The van der Waals surface area contributed by atoms with Crippen LogP contribution in [0.25, 0.3) is 6.08 Å². The number of ether oxygens (including phenoxy) is 2. The van der Waals surface area contributed by atoms with Gasteiger partial charge in [0.15, 0.2) is 5.41 Å². The second kappa shape index (κ2) is 8.57. The summed E-state index contributed by atoms with van der Waals surface area (Å²) < 4.78 is 10.9. The molecule has 4 rings (SSSR count). The normalized spacial score (nSPS) is 20.1. The van der Waals surface area contributed by atoms with Crippen molar-refractivity contribution in [3.8, 4) is 12.1 Å². The Balaban J connectivity index is 2.16. The number of rotatable bonds is 3. The van der Waals surface area contributed by atoms with Crippen LogP contribution < -0.4 is 4.90 Å². The van der Waals surface area contributed by atoms with E-state index in [1.165, 1.54) is 14.2 Å². The van der Waals surface area contributed by atoms with Crippen LogP contribution in [0.5, 0.6) is 0 Å². The third-order valence-electron chi connectivity index (χ3n) is 6.00.